The summed E-state index contributed by atoms with van der Waals surface area (Å²) in [7, 11) is 0. The van der Waals surface area contributed by atoms with Crippen LogP contribution in [0.5, 0.6) is 5.75 Å². The van der Waals surface area contributed by atoms with Gasteiger partial charge < -0.3 is 14.8 Å². The maximum Gasteiger partial charge on any atom is 0.338 e. The molecule has 5 heteroatoms. The van der Waals surface area contributed by atoms with E-state index in [2.05, 4.69) is 5.32 Å². The smallest absolute Gasteiger partial charge is 0.338 e. The zero-order valence-electron chi connectivity index (χ0n) is 14.7. The first-order chi connectivity index (χ1) is 12.0. The number of aryl methyl sites for hydroxylation is 1. The van der Waals surface area contributed by atoms with Gasteiger partial charge in [-0.15, -0.1) is 0 Å². The minimum atomic E-state index is -0.618. The molecule has 1 amide bonds. The fraction of sp³-hybridized carbons (Fsp3) is 0.300. The third kappa shape index (κ3) is 5.08. The number of amides is 1. The van der Waals surface area contributed by atoms with Gasteiger partial charge in [0.05, 0.1) is 12.2 Å². The van der Waals surface area contributed by atoms with Crippen LogP contribution >= 0.6 is 0 Å². The highest BCUT2D eigenvalue weighted by molar-refractivity contribution is 5.96. The van der Waals surface area contributed by atoms with Crippen LogP contribution < -0.4 is 10.1 Å². The Morgan fingerprint density at radius 3 is 2.52 bits per heavy atom. The fourth-order valence-corrected chi connectivity index (χ4v) is 2.33. The van der Waals surface area contributed by atoms with Gasteiger partial charge in [-0.2, -0.15) is 0 Å². The summed E-state index contributed by atoms with van der Waals surface area (Å²) in [5, 5.41) is 2.80. The summed E-state index contributed by atoms with van der Waals surface area (Å²) in [6.45, 7) is 5.87. The Balaban J connectivity index is 2.08. The molecule has 0 radical (unpaired) electrons. The highest BCUT2D eigenvalue weighted by Crippen LogP contribution is 2.20. The van der Waals surface area contributed by atoms with Crippen LogP contribution in [0.3, 0.4) is 0 Å². The predicted molar refractivity (Wildman–Crippen MR) is 96.9 cm³/mol. The van der Waals surface area contributed by atoms with Gasteiger partial charge in [-0.1, -0.05) is 31.2 Å². The Hall–Kier alpha value is -2.82. The molecule has 0 bridgehead atoms. The molecule has 5 nitrogen and oxygen atoms in total. The van der Waals surface area contributed by atoms with E-state index in [-0.39, 0.29) is 5.91 Å². The van der Waals surface area contributed by atoms with Crippen molar-refractivity contribution in [2.75, 3.05) is 11.9 Å². The largest absolute Gasteiger partial charge is 0.480 e. The lowest BCUT2D eigenvalue weighted by molar-refractivity contribution is -0.122. The SMILES string of the molecule is CCOC(=O)c1cccc(NC(=O)[C@@H](CC)Oc2ccccc2C)c1. The van der Waals surface area contributed by atoms with Crippen LogP contribution in [0, 0.1) is 6.92 Å². The number of carbonyl (C=O) groups is 2. The standard InChI is InChI=1S/C20H23NO4/c1-4-17(25-18-12-7-6-9-14(18)3)19(22)21-16-11-8-10-15(13-16)20(23)24-5-2/h6-13,17H,4-5H2,1-3H3,(H,21,22)/t17-/m1/s1. The summed E-state index contributed by atoms with van der Waals surface area (Å²) in [6, 6.07) is 14.2. The number of anilines is 1. The zero-order chi connectivity index (χ0) is 18.2. The summed E-state index contributed by atoms with van der Waals surface area (Å²) >= 11 is 0. The molecule has 0 spiro atoms. The van der Waals surface area contributed by atoms with Crippen LogP contribution in [0.4, 0.5) is 5.69 Å². The van der Waals surface area contributed by atoms with Crippen LogP contribution in [-0.4, -0.2) is 24.6 Å². The molecule has 0 saturated heterocycles. The molecule has 0 fully saturated rings. The summed E-state index contributed by atoms with van der Waals surface area (Å²) in [4.78, 5) is 24.3. The van der Waals surface area contributed by atoms with Crippen molar-refractivity contribution in [3.63, 3.8) is 0 Å². The molecule has 2 aromatic rings. The molecule has 0 aliphatic heterocycles. The fourth-order valence-electron chi connectivity index (χ4n) is 2.33. The molecule has 2 rings (SSSR count). The number of ether oxygens (including phenoxy) is 2. The maximum atomic E-state index is 12.5. The van der Waals surface area contributed by atoms with Crippen LogP contribution in [0.25, 0.3) is 0 Å². The van der Waals surface area contributed by atoms with Crippen molar-refractivity contribution in [3.8, 4) is 5.75 Å². The molecule has 1 N–H and O–H groups in total. The number of esters is 1. The van der Waals surface area contributed by atoms with Crippen LogP contribution in [0.2, 0.25) is 0 Å². The second-order valence-electron chi connectivity index (χ2n) is 5.57. The third-order valence-electron chi connectivity index (χ3n) is 3.67. The monoisotopic (exact) mass is 341 g/mol. The Bertz CT molecular complexity index is 742. The molecule has 0 aliphatic rings. The number of benzene rings is 2. The van der Waals surface area contributed by atoms with Gasteiger partial charge in [-0.05, 0) is 50.1 Å². The number of carbonyl (C=O) groups excluding carboxylic acids is 2. The van der Waals surface area contributed by atoms with Crippen molar-refractivity contribution in [3.05, 3.63) is 59.7 Å². The lowest BCUT2D eigenvalue weighted by Crippen LogP contribution is -2.32. The van der Waals surface area contributed by atoms with Gasteiger partial charge in [0.15, 0.2) is 6.10 Å². The summed E-state index contributed by atoms with van der Waals surface area (Å²) in [6.07, 6.45) is -0.0927. The van der Waals surface area contributed by atoms with Gasteiger partial charge in [0.1, 0.15) is 5.75 Å². The molecular formula is C20H23NO4. The maximum absolute atomic E-state index is 12.5. The molecule has 0 aliphatic carbocycles. The summed E-state index contributed by atoms with van der Waals surface area (Å²) in [5.41, 5.74) is 1.90. The van der Waals surface area contributed by atoms with E-state index in [1.165, 1.54) is 0 Å². The van der Waals surface area contributed by atoms with E-state index in [0.717, 1.165) is 5.56 Å². The lowest BCUT2D eigenvalue weighted by atomic mass is 10.2. The van der Waals surface area contributed by atoms with Crippen LogP contribution in [-0.2, 0) is 9.53 Å². The Labute approximate surface area is 148 Å². The molecule has 0 unspecified atom stereocenters. The van der Waals surface area contributed by atoms with Gasteiger partial charge >= 0.3 is 5.97 Å². The normalized spacial score (nSPS) is 11.5. The van der Waals surface area contributed by atoms with Gasteiger partial charge in [-0.25, -0.2) is 4.79 Å². The number of rotatable bonds is 7. The van der Waals surface area contributed by atoms with Crippen molar-refractivity contribution >= 4 is 17.6 Å². The first-order valence-electron chi connectivity index (χ1n) is 8.35. The first-order valence-corrected chi connectivity index (χ1v) is 8.35. The molecule has 132 valence electrons. The predicted octanol–water partition coefficient (Wildman–Crippen LogP) is 3.97. The zero-order valence-corrected chi connectivity index (χ0v) is 14.7. The Morgan fingerprint density at radius 1 is 1.08 bits per heavy atom. The summed E-state index contributed by atoms with van der Waals surface area (Å²) < 4.78 is 10.8. The first kappa shape index (κ1) is 18.5. The van der Waals surface area contributed by atoms with E-state index < -0.39 is 12.1 Å². The van der Waals surface area contributed by atoms with Crippen molar-refractivity contribution in [2.24, 2.45) is 0 Å². The number of hydrogen-bond acceptors (Lipinski definition) is 4. The quantitative estimate of drug-likeness (QED) is 0.774. The van der Waals surface area contributed by atoms with Gasteiger partial charge in [0, 0.05) is 5.69 Å². The highest BCUT2D eigenvalue weighted by atomic mass is 16.5. The highest BCUT2D eigenvalue weighted by Gasteiger charge is 2.19. The molecule has 1 atom stereocenters. The van der Waals surface area contributed by atoms with Gasteiger partial charge in [0.2, 0.25) is 0 Å². The average molecular weight is 341 g/mol. The van der Waals surface area contributed by atoms with Crippen molar-refractivity contribution in [2.45, 2.75) is 33.3 Å². The molecule has 0 aromatic heterocycles. The van der Waals surface area contributed by atoms with E-state index in [9.17, 15) is 9.59 Å². The summed E-state index contributed by atoms with van der Waals surface area (Å²) in [5.74, 6) is 0.0123. The van der Waals surface area contributed by atoms with E-state index in [0.29, 0.717) is 30.0 Å². The molecule has 25 heavy (non-hydrogen) atoms. The molecule has 0 saturated carbocycles. The van der Waals surface area contributed by atoms with Crippen molar-refractivity contribution in [1.29, 1.82) is 0 Å². The second kappa shape index (κ2) is 8.87. The number of para-hydroxylation sites is 1. The Kier molecular flexibility index (Phi) is 6.57. The molecule has 2 aromatic carbocycles. The minimum Gasteiger partial charge on any atom is -0.480 e. The van der Waals surface area contributed by atoms with Crippen LogP contribution in [0.15, 0.2) is 48.5 Å². The van der Waals surface area contributed by atoms with E-state index >= 15 is 0 Å². The average Bonchev–Trinajstić information content (AvgIpc) is 2.61. The van der Waals surface area contributed by atoms with Gasteiger partial charge in [-0.3, -0.25) is 4.79 Å². The molecular weight excluding hydrogens is 318 g/mol. The van der Waals surface area contributed by atoms with E-state index in [4.69, 9.17) is 9.47 Å². The Morgan fingerprint density at radius 2 is 1.84 bits per heavy atom. The number of nitrogens with one attached hydrogen (secondary N) is 1. The van der Waals surface area contributed by atoms with Crippen molar-refractivity contribution < 1.29 is 19.1 Å². The van der Waals surface area contributed by atoms with E-state index in [1.54, 1.807) is 31.2 Å². The number of hydrogen-bond donors (Lipinski definition) is 1. The van der Waals surface area contributed by atoms with Crippen molar-refractivity contribution in [1.82, 2.24) is 0 Å². The minimum absolute atomic E-state index is 0.258. The molecule has 0 heterocycles. The van der Waals surface area contributed by atoms with Gasteiger partial charge in [0.25, 0.3) is 5.91 Å². The topological polar surface area (TPSA) is 64.6 Å². The van der Waals surface area contributed by atoms with Crippen LogP contribution in [0.1, 0.15) is 36.2 Å². The third-order valence-corrected chi connectivity index (χ3v) is 3.67. The lowest BCUT2D eigenvalue weighted by Gasteiger charge is -2.18. The van der Waals surface area contributed by atoms with E-state index in [1.807, 2.05) is 38.1 Å². The second-order valence-corrected chi connectivity index (χ2v) is 5.57.